The van der Waals surface area contributed by atoms with Gasteiger partial charge >= 0.3 is 21.5 Å². The van der Waals surface area contributed by atoms with Crippen LogP contribution < -0.4 is 8.21 Å². The standard InChI is InChI=1S/C12H10O.C11H8NO2.Al/c13-12-8-6-11(7-9-12)10-4-2-1-3-5-10;1-7-5-6-8-3-2-4-9(11(13)14)10(8)12-7;/h1-9,13H;2-5H,1H3,(H,13,14);/q;;+1/p-1. The van der Waals surface area contributed by atoms with Crippen molar-refractivity contribution >= 4 is 36.9 Å². The number of benzene rings is 3. The summed E-state index contributed by atoms with van der Waals surface area (Å²) in [7, 11) is 0. The average molecular weight is 382 g/mol. The molecule has 5 heteroatoms. The van der Waals surface area contributed by atoms with E-state index in [1.54, 1.807) is 12.1 Å². The molecule has 0 saturated heterocycles. The molecular weight excluding hydrogens is 365 g/mol. The van der Waals surface area contributed by atoms with Gasteiger partial charge in [0.25, 0.3) is 0 Å². The molecule has 135 valence electrons. The molecule has 0 atom stereocenters. The zero-order chi connectivity index (χ0) is 19.5. The molecule has 0 bridgehead atoms. The molecule has 4 nitrogen and oxygen atoms in total. The van der Waals surface area contributed by atoms with Gasteiger partial charge in [0, 0.05) is 5.69 Å². The maximum atomic E-state index is 11.5. The maximum Gasteiger partial charge on any atom is 0.571 e. The monoisotopic (exact) mass is 382 g/mol. The smallest absolute Gasteiger partial charge is 0.571 e. The van der Waals surface area contributed by atoms with Gasteiger partial charge in [-0.3, -0.25) is 4.98 Å². The second-order valence-electron chi connectivity index (χ2n) is 6.49. The lowest BCUT2D eigenvalue weighted by Gasteiger charge is -2.11. The van der Waals surface area contributed by atoms with Gasteiger partial charge < -0.3 is 8.90 Å². The summed E-state index contributed by atoms with van der Waals surface area (Å²) in [5.74, 6) is -0.172. The molecule has 0 saturated carbocycles. The van der Waals surface area contributed by atoms with Crippen LogP contribution in [0.25, 0.3) is 22.0 Å². The number of pyridine rings is 1. The van der Waals surface area contributed by atoms with Crippen LogP contribution in [-0.2, 0) is 0 Å². The van der Waals surface area contributed by atoms with Crippen LogP contribution in [-0.4, -0.2) is 31.6 Å². The van der Waals surface area contributed by atoms with Gasteiger partial charge in [0.1, 0.15) is 0 Å². The molecule has 0 spiro atoms. The highest BCUT2D eigenvalue weighted by Gasteiger charge is 2.15. The summed E-state index contributed by atoms with van der Waals surface area (Å²) in [5, 5.41) is 10.3. The predicted octanol–water partition coefficient (Wildman–Crippen LogP) is 4.23. The van der Waals surface area contributed by atoms with E-state index in [0.29, 0.717) is 5.52 Å². The number of hydrogen-bond donors (Lipinski definition) is 1. The zero-order valence-electron chi connectivity index (χ0n) is 15.3. The number of aromatic nitrogens is 1. The number of para-hydroxylation sites is 1. The van der Waals surface area contributed by atoms with Crippen molar-refractivity contribution in [1.82, 2.24) is 4.98 Å². The fourth-order valence-corrected chi connectivity index (χ4v) is 4.26. The lowest BCUT2D eigenvalue weighted by atomic mass is 10.1. The Bertz CT molecular complexity index is 1140. The number of carbonyl (C=O) groups is 1. The predicted molar refractivity (Wildman–Crippen MR) is 111 cm³/mol. The quantitative estimate of drug-likeness (QED) is 0.525. The van der Waals surface area contributed by atoms with Crippen LogP contribution in [0.4, 0.5) is 0 Å². The Morgan fingerprint density at radius 3 is 2.36 bits per heavy atom. The zero-order valence-corrected chi connectivity index (χ0v) is 16.4. The van der Waals surface area contributed by atoms with Crippen molar-refractivity contribution in [3.63, 3.8) is 0 Å². The Balaban J connectivity index is 1.59. The largest absolute Gasteiger partial charge is 0.645 e. The molecule has 4 rings (SSSR count). The van der Waals surface area contributed by atoms with Crippen molar-refractivity contribution in [2.24, 2.45) is 0 Å². The molecule has 1 radical (unpaired) electrons. The first kappa shape index (κ1) is 18.2. The summed E-state index contributed by atoms with van der Waals surface area (Å²) in [4.78, 5) is 15.9. The SMILES string of the molecule is Cc1c[c]([Al][O]c2ccc(-c3ccccc3)cc2)c2cccc(C(=O)O)c2n1. The normalized spacial score (nSPS) is 10.6. The molecule has 0 aliphatic rings. The average Bonchev–Trinajstić information content (AvgIpc) is 2.72. The van der Waals surface area contributed by atoms with E-state index in [1.165, 1.54) is 5.56 Å². The third-order valence-corrected chi connectivity index (χ3v) is 5.64. The number of fused-ring (bicyclic) bond motifs is 1. The second kappa shape index (κ2) is 7.86. The minimum atomic E-state index is -0.970. The highest BCUT2D eigenvalue weighted by atomic mass is 27.1. The van der Waals surface area contributed by atoms with E-state index in [1.807, 2.05) is 61.5 Å². The number of carboxylic acid groups (broad SMARTS) is 1. The molecule has 0 unspecified atom stereocenters. The minimum absolute atomic E-state index is 0.217. The van der Waals surface area contributed by atoms with Crippen molar-refractivity contribution in [3.05, 3.63) is 90.1 Å². The molecule has 1 heterocycles. The van der Waals surface area contributed by atoms with E-state index in [-0.39, 0.29) is 5.56 Å². The van der Waals surface area contributed by atoms with Crippen LogP contribution in [0, 0.1) is 6.92 Å². The van der Waals surface area contributed by atoms with Crippen LogP contribution in [0.15, 0.2) is 78.9 Å². The fraction of sp³-hybridized carbons (Fsp3) is 0.0435. The summed E-state index contributed by atoms with van der Waals surface area (Å²) in [6, 6.07) is 25.4. The maximum absolute atomic E-state index is 11.5. The van der Waals surface area contributed by atoms with Gasteiger partial charge in [-0.05, 0) is 41.6 Å². The molecule has 1 N–H and O–H groups in total. The fourth-order valence-electron chi connectivity index (χ4n) is 3.17. The van der Waals surface area contributed by atoms with Gasteiger partial charge in [-0.15, -0.1) is 0 Å². The second-order valence-corrected chi connectivity index (χ2v) is 7.58. The molecule has 4 aromatic rings. The number of aryl methyl sites for hydroxylation is 1. The third kappa shape index (κ3) is 3.77. The van der Waals surface area contributed by atoms with Crippen molar-refractivity contribution in [1.29, 1.82) is 0 Å². The first-order chi connectivity index (χ1) is 13.6. The number of carboxylic acids is 1. The van der Waals surface area contributed by atoms with Gasteiger partial charge in [-0.2, -0.15) is 0 Å². The van der Waals surface area contributed by atoms with Crippen LogP contribution in [0.1, 0.15) is 16.1 Å². The van der Waals surface area contributed by atoms with Crippen LogP contribution >= 0.6 is 0 Å². The van der Waals surface area contributed by atoms with Crippen molar-refractivity contribution in [2.45, 2.75) is 6.92 Å². The molecule has 28 heavy (non-hydrogen) atoms. The summed E-state index contributed by atoms with van der Waals surface area (Å²) in [6.07, 6.45) is 0. The van der Waals surface area contributed by atoms with E-state index in [4.69, 9.17) is 3.79 Å². The van der Waals surface area contributed by atoms with Gasteiger partial charge in [0.05, 0.1) is 16.8 Å². The highest BCUT2D eigenvalue weighted by molar-refractivity contribution is 6.52. The Hall–Kier alpha value is -3.13. The molecule has 0 fully saturated rings. The highest BCUT2D eigenvalue weighted by Crippen LogP contribution is 2.22. The molecule has 0 amide bonds. The number of rotatable bonds is 5. The summed E-state index contributed by atoms with van der Waals surface area (Å²) in [5.41, 5.74) is 3.82. The molecule has 0 aliphatic heterocycles. The van der Waals surface area contributed by atoms with Gasteiger partial charge in [0.2, 0.25) is 0 Å². The van der Waals surface area contributed by atoms with Crippen LogP contribution in [0.2, 0.25) is 0 Å². The molecule has 1 aromatic heterocycles. The Kier molecular flexibility index (Phi) is 5.12. The van der Waals surface area contributed by atoms with E-state index >= 15 is 0 Å². The Labute approximate surface area is 169 Å². The first-order valence-electron chi connectivity index (χ1n) is 8.91. The number of aromatic carboxylic acids is 1. The Morgan fingerprint density at radius 1 is 0.929 bits per heavy atom. The lowest BCUT2D eigenvalue weighted by molar-refractivity contribution is 0.0699. The molecule has 3 aromatic carbocycles. The van der Waals surface area contributed by atoms with Crippen molar-refractivity contribution in [2.75, 3.05) is 0 Å². The summed E-state index contributed by atoms with van der Waals surface area (Å²) >= 11 is -0.525. The number of hydrogen-bond acceptors (Lipinski definition) is 3. The van der Waals surface area contributed by atoms with E-state index in [2.05, 4.69) is 17.1 Å². The summed E-state index contributed by atoms with van der Waals surface area (Å²) in [6.45, 7) is 1.87. The molecular formula is C23H17AlNO3. The third-order valence-electron chi connectivity index (χ3n) is 4.51. The van der Waals surface area contributed by atoms with E-state index in [9.17, 15) is 9.90 Å². The van der Waals surface area contributed by atoms with Crippen molar-refractivity contribution in [3.8, 4) is 16.9 Å². The van der Waals surface area contributed by atoms with Gasteiger partial charge in [-0.25, -0.2) is 4.79 Å². The van der Waals surface area contributed by atoms with Crippen LogP contribution in [0.3, 0.4) is 0 Å². The van der Waals surface area contributed by atoms with E-state index in [0.717, 1.165) is 26.8 Å². The lowest BCUT2D eigenvalue weighted by Crippen LogP contribution is -2.23. The first-order valence-corrected chi connectivity index (χ1v) is 9.96. The van der Waals surface area contributed by atoms with Gasteiger partial charge in [-0.1, -0.05) is 65.1 Å². The van der Waals surface area contributed by atoms with Gasteiger partial charge in [0.15, 0.2) is 0 Å². The topological polar surface area (TPSA) is 59.4 Å². The minimum Gasteiger partial charge on any atom is -0.645 e. The number of nitrogens with zero attached hydrogens (tertiary/aromatic N) is 1. The molecule has 0 aliphatic carbocycles. The van der Waals surface area contributed by atoms with Crippen LogP contribution in [0.5, 0.6) is 5.75 Å². The Morgan fingerprint density at radius 2 is 1.64 bits per heavy atom. The van der Waals surface area contributed by atoms with E-state index < -0.39 is 21.5 Å². The van der Waals surface area contributed by atoms with Crippen molar-refractivity contribution < 1.29 is 13.7 Å². The summed E-state index contributed by atoms with van der Waals surface area (Å²) < 4.78 is 7.05.